The van der Waals surface area contributed by atoms with Gasteiger partial charge in [-0.25, -0.2) is 13.6 Å². The summed E-state index contributed by atoms with van der Waals surface area (Å²) in [6, 6.07) is 3.36. The summed E-state index contributed by atoms with van der Waals surface area (Å²) in [6.45, 7) is 3.70. The lowest BCUT2D eigenvalue weighted by Gasteiger charge is -2.22. The molecule has 0 saturated carbocycles. The van der Waals surface area contributed by atoms with Gasteiger partial charge in [-0.3, -0.25) is 0 Å². The number of ether oxygens (including phenoxy) is 1. The lowest BCUT2D eigenvalue weighted by Crippen LogP contribution is -2.33. The fraction of sp³-hybridized carbons (Fsp3) is 0.500. The molecular formula is C10H15N5O3S. The summed E-state index contributed by atoms with van der Waals surface area (Å²) in [5.74, 6) is 0.212. The summed E-state index contributed by atoms with van der Waals surface area (Å²) >= 11 is 0. The summed E-state index contributed by atoms with van der Waals surface area (Å²) in [7, 11) is -3.54. The Balaban J connectivity index is 2.05. The number of fused-ring (bicyclic) bond motifs is 1. The quantitative estimate of drug-likeness (QED) is 0.815. The number of sulfonamides is 1. The third-order valence-electron chi connectivity index (χ3n) is 2.34. The molecule has 0 bridgehead atoms. The Morgan fingerprint density at radius 2 is 2.16 bits per heavy atom. The van der Waals surface area contributed by atoms with Gasteiger partial charge in [0, 0.05) is 11.5 Å². The number of hydrogen-bond acceptors (Lipinski definition) is 6. The Hall–Kier alpha value is -1.74. The second kappa shape index (κ2) is 4.74. The van der Waals surface area contributed by atoms with E-state index in [1.54, 1.807) is 26.0 Å². The maximum atomic E-state index is 11.1. The molecule has 0 unspecified atom stereocenters. The molecule has 2 heterocycles. The van der Waals surface area contributed by atoms with E-state index in [1.165, 1.54) is 10.8 Å². The average molecular weight is 285 g/mol. The molecule has 9 heteroatoms. The van der Waals surface area contributed by atoms with Crippen LogP contribution < -0.4 is 9.88 Å². The zero-order valence-electron chi connectivity index (χ0n) is 10.6. The molecule has 0 radical (unpaired) electrons. The topological polar surface area (TPSA) is 112 Å². The van der Waals surface area contributed by atoms with Crippen LogP contribution in [0.2, 0.25) is 0 Å². The Morgan fingerprint density at radius 1 is 1.42 bits per heavy atom. The van der Waals surface area contributed by atoms with E-state index >= 15 is 0 Å². The molecule has 0 atom stereocenters. The molecule has 19 heavy (non-hydrogen) atoms. The molecule has 0 saturated heterocycles. The van der Waals surface area contributed by atoms with E-state index in [0.29, 0.717) is 11.5 Å². The molecule has 0 amide bonds. The fourth-order valence-electron chi connectivity index (χ4n) is 1.64. The molecule has 0 spiro atoms. The van der Waals surface area contributed by atoms with Crippen molar-refractivity contribution >= 4 is 15.7 Å². The molecule has 0 aromatic carbocycles. The Bertz CT molecular complexity index is 679. The molecule has 0 fully saturated rings. The minimum atomic E-state index is -3.54. The standard InChI is InChI=1S/C10H15N5O3S/c1-10(2,6-19(11,16)17)5-18-9-4-3-8-13-12-7-15(8)14-9/h3-4,7H,5-6H2,1-2H3,(H2,11,16,17). The van der Waals surface area contributed by atoms with Crippen molar-refractivity contribution in [3.8, 4) is 5.88 Å². The van der Waals surface area contributed by atoms with Gasteiger partial charge in [0.15, 0.2) is 5.65 Å². The van der Waals surface area contributed by atoms with Gasteiger partial charge in [-0.1, -0.05) is 13.8 Å². The number of nitrogens with two attached hydrogens (primary N) is 1. The van der Waals surface area contributed by atoms with Gasteiger partial charge >= 0.3 is 0 Å². The summed E-state index contributed by atoms with van der Waals surface area (Å²) < 4.78 is 29.1. The lowest BCUT2D eigenvalue weighted by molar-refractivity contribution is 0.191. The van der Waals surface area contributed by atoms with Crippen molar-refractivity contribution in [3.63, 3.8) is 0 Å². The van der Waals surface area contributed by atoms with Crippen LogP contribution in [0.3, 0.4) is 0 Å². The van der Waals surface area contributed by atoms with Gasteiger partial charge in [0.2, 0.25) is 15.9 Å². The first-order valence-corrected chi connectivity index (χ1v) is 7.27. The van der Waals surface area contributed by atoms with E-state index in [2.05, 4.69) is 15.3 Å². The molecule has 8 nitrogen and oxygen atoms in total. The van der Waals surface area contributed by atoms with Crippen LogP contribution in [0.15, 0.2) is 18.5 Å². The number of rotatable bonds is 5. The fourth-order valence-corrected chi connectivity index (χ4v) is 2.82. The van der Waals surface area contributed by atoms with E-state index in [-0.39, 0.29) is 12.4 Å². The Kier molecular flexibility index (Phi) is 3.42. The monoisotopic (exact) mass is 285 g/mol. The van der Waals surface area contributed by atoms with Crippen molar-refractivity contribution in [3.05, 3.63) is 18.5 Å². The Morgan fingerprint density at radius 3 is 2.84 bits per heavy atom. The van der Waals surface area contributed by atoms with Crippen LogP contribution in [-0.4, -0.2) is 40.6 Å². The van der Waals surface area contributed by atoms with Crippen LogP contribution in [-0.2, 0) is 10.0 Å². The van der Waals surface area contributed by atoms with Crippen LogP contribution in [0.1, 0.15) is 13.8 Å². The highest BCUT2D eigenvalue weighted by atomic mass is 32.2. The van der Waals surface area contributed by atoms with E-state index in [1.807, 2.05) is 0 Å². The number of hydrogen-bond donors (Lipinski definition) is 1. The van der Waals surface area contributed by atoms with Crippen LogP contribution in [0.4, 0.5) is 0 Å². The molecule has 0 aliphatic heterocycles. The first-order chi connectivity index (χ1) is 8.75. The molecule has 0 aliphatic rings. The van der Waals surface area contributed by atoms with Crippen molar-refractivity contribution in [2.75, 3.05) is 12.4 Å². The molecule has 2 N–H and O–H groups in total. The van der Waals surface area contributed by atoms with Crippen LogP contribution in [0, 0.1) is 5.41 Å². The zero-order chi connectivity index (χ0) is 14.1. The molecular weight excluding hydrogens is 270 g/mol. The zero-order valence-corrected chi connectivity index (χ0v) is 11.5. The SMILES string of the molecule is CC(C)(COc1ccc2nncn2n1)CS(N)(=O)=O. The second-order valence-electron chi connectivity index (χ2n) is 5.07. The highest BCUT2D eigenvalue weighted by molar-refractivity contribution is 7.89. The molecule has 104 valence electrons. The average Bonchev–Trinajstić information content (AvgIpc) is 2.70. The summed E-state index contributed by atoms with van der Waals surface area (Å²) in [5, 5.41) is 16.7. The van der Waals surface area contributed by atoms with Gasteiger partial charge < -0.3 is 4.74 Å². The second-order valence-corrected chi connectivity index (χ2v) is 6.68. The molecule has 2 aromatic heterocycles. The summed E-state index contributed by atoms with van der Waals surface area (Å²) in [4.78, 5) is 0. The van der Waals surface area contributed by atoms with Gasteiger partial charge in [-0.05, 0) is 6.07 Å². The smallest absolute Gasteiger partial charge is 0.231 e. The minimum absolute atomic E-state index is 0.158. The number of nitrogens with zero attached hydrogens (tertiary/aromatic N) is 4. The van der Waals surface area contributed by atoms with E-state index in [9.17, 15) is 8.42 Å². The van der Waals surface area contributed by atoms with E-state index in [0.717, 1.165) is 0 Å². The lowest BCUT2D eigenvalue weighted by atomic mass is 9.98. The summed E-state index contributed by atoms with van der Waals surface area (Å²) in [6.07, 6.45) is 1.46. The predicted molar refractivity (Wildman–Crippen MR) is 68.0 cm³/mol. The van der Waals surface area contributed by atoms with Gasteiger partial charge in [0.25, 0.3) is 0 Å². The predicted octanol–water partition coefficient (Wildman–Crippen LogP) is -0.182. The maximum Gasteiger partial charge on any atom is 0.231 e. The normalized spacial score (nSPS) is 12.8. The molecule has 0 aliphatic carbocycles. The van der Waals surface area contributed by atoms with Gasteiger partial charge in [0.05, 0.1) is 12.4 Å². The highest BCUT2D eigenvalue weighted by Gasteiger charge is 2.25. The van der Waals surface area contributed by atoms with Crippen molar-refractivity contribution in [2.24, 2.45) is 10.6 Å². The maximum absolute atomic E-state index is 11.1. The van der Waals surface area contributed by atoms with Crippen LogP contribution in [0.25, 0.3) is 5.65 Å². The first kappa shape index (κ1) is 13.7. The summed E-state index contributed by atoms with van der Waals surface area (Å²) in [5.41, 5.74) is 0.00775. The third-order valence-corrected chi connectivity index (χ3v) is 3.52. The first-order valence-electron chi connectivity index (χ1n) is 5.56. The van der Waals surface area contributed by atoms with Crippen LogP contribution in [0.5, 0.6) is 5.88 Å². The highest BCUT2D eigenvalue weighted by Crippen LogP contribution is 2.19. The molecule has 2 aromatic rings. The van der Waals surface area contributed by atoms with Crippen molar-refractivity contribution in [1.29, 1.82) is 0 Å². The molecule has 2 rings (SSSR count). The van der Waals surface area contributed by atoms with Crippen molar-refractivity contribution < 1.29 is 13.2 Å². The Labute approximate surface area is 110 Å². The van der Waals surface area contributed by atoms with Crippen LogP contribution >= 0.6 is 0 Å². The number of aromatic nitrogens is 4. The van der Waals surface area contributed by atoms with Gasteiger partial charge in [-0.2, -0.15) is 4.52 Å². The minimum Gasteiger partial charge on any atom is -0.476 e. The van der Waals surface area contributed by atoms with Gasteiger partial charge in [0.1, 0.15) is 6.33 Å². The third kappa shape index (κ3) is 3.86. The van der Waals surface area contributed by atoms with Gasteiger partial charge in [-0.15, -0.1) is 15.3 Å². The van der Waals surface area contributed by atoms with E-state index in [4.69, 9.17) is 9.88 Å². The van der Waals surface area contributed by atoms with Crippen molar-refractivity contribution in [2.45, 2.75) is 13.8 Å². The van der Waals surface area contributed by atoms with E-state index < -0.39 is 15.4 Å². The van der Waals surface area contributed by atoms with Crippen molar-refractivity contribution in [1.82, 2.24) is 19.8 Å². The largest absolute Gasteiger partial charge is 0.476 e. The number of primary sulfonamides is 1.